The zero-order chi connectivity index (χ0) is 12.2. The highest BCUT2D eigenvalue weighted by Gasteiger charge is 2.31. The lowest BCUT2D eigenvalue weighted by Crippen LogP contribution is -2.35. The van der Waals surface area contributed by atoms with Crippen molar-refractivity contribution in [3.05, 3.63) is 29.6 Å². The van der Waals surface area contributed by atoms with Gasteiger partial charge in [0.2, 0.25) is 0 Å². The van der Waals surface area contributed by atoms with Gasteiger partial charge in [-0.2, -0.15) is 13.2 Å². The Kier molecular flexibility index (Phi) is 3.67. The van der Waals surface area contributed by atoms with E-state index in [1.165, 1.54) is 6.07 Å². The van der Waals surface area contributed by atoms with E-state index in [0.29, 0.717) is 5.56 Å². The number of hydrogen-bond donors (Lipinski definition) is 3. The van der Waals surface area contributed by atoms with E-state index >= 15 is 0 Å². The smallest absolute Gasteiger partial charge is 0.433 e. The van der Waals surface area contributed by atoms with Crippen LogP contribution < -0.4 is 10.9 Å². The van der Waals surface area contributed by atoms with E-state index in [2.05, 4.69) is 10.4 Å². The number of nitrogens with one attached hydrogen (secondary N) is 2. The van der Waals surface area contributed by atoms with E-state index < -0.39 is 18.0 Å². The Hall–Kier alpha value is -1.83. The molecule has 0 aliphatic carbocycles. The minimum absolute atomic E-state index is 0.0530. The summed E-state index contributed by atoms with van der Waals surface area (Å²) in [6, 6.07) is 2.05. The summed E-state index contributed by atoms with van der Waals surface area (Å²) in [5, 5.41) is 8.20. The van der Waals surface area contributed by atoms with Crippen molar-refractivity contribution in [2.45, 2.75) is 12.7 Å². The molecule has 0 spiro atoms. The predicted octanol–water partition coefficient (Wildman–Crippen LogP) is 1.37. The minimum atomic E-state index is -4.47. The van der Waals surface area contributed by atoms with E-state index in [1.54, 1.807) is 0 Å². The molecule has 0 atom stereocenters. The van der Waals surface area contributed by atoms with Gasteiger partial charge in [0.15, 0.2) is 0 Å². The van der Waals surface area contributed by atoms with Gasteiger partial charge >= 0.3 is 12.3 Å². The first-order valence-electron chi connectivity index (χ1n) is 4.13. The second-order valence-corrected chi connectivity index (χ2v) is 2.83. The lowest BCUT2D eigenvalue weighted by atomic mass is 10.2. The number of halogens is 3. The molecule has 0 aromatic carbocycles. The first kappa shape index (κ1) is 12.2. The van der Waals surface area contributed by atoms with Crippen molar-refractivity contribution in [1.82, 2.24) is 15.8 Å². The van der Waals surface area contributed by atoms with Gasteiger partial charge in [-0.3, -0.25) is 10.4 Å². The fourth-order valence-corrected chi connectivity index (χ4v) is 0.919. The second kappa shape index (κ2) is 4.79. The molecule has 1 aromatic heterocycles. The minimum Gasteiger partial charge on any atom is -0.464 e. The summed E-state index contributed by atoms with van der Waals surface area (Å²) in [5.74, 6) is 0. The summed E-state index contributed by atoms with van der Waals surface area (Å²) in [6.45, 7) is 0.0530. The van der Waals surface area contributed by atoms with Crippen LogP contribution in [0.15, 0.2) is 18.3 Å². The van der Waals surface area contributed by atoms with Crippen molar-refractivity contribution in [2.75, 3.05) is 0 Å². The Morgan fingerprint density at radius 3 is 2.56 bits per heavy atom. The molecular weight excluding hydrogens is 227 g/mol. The number of hydrazine groups is 1. The monoisotopic (exact) mass is 235 g/mol. The highest BCUT2D eigenvalue weighted by Crippen LogP contribution is 2.27. The molecule has 0 fully saturated rings. The van der Waals surface area contributed by atoms with Crippen LogP contribution in [0.3, 0.4) is 0 Å². The van der Waals surface area contributed by atoms with Crippen molar-refractivity contribution < 1.29 is 23.1 Å². The molecule has 0 saturated carbocycles. The van der Waals surface area contributed by atoms with Gasteiger partial charge in [0.25, 0.3) is 0 Å². The quantitative estimate of drug-likeness (QED) is 0.692. The topological polar surface area (TPSA) is 74.2 Å². The van der Waals surface area contributed by atoms with Gasteiger partial charge in [0, 0.05) is 12.7 Å². The maximum atomic E-state index is 12.1. The summed E-state index contributed by atoms with van der Waals surface area (Å²) in [7, 11) is 0. The SMILES string of the molecule is O=C(O)NNCc1ccc(C(F)(F)F)nc1. The summed E-state index contributed by atoms with van der Waals surface area (Å²) in [6.07, 6.45) is -4.72. The molecule has 0 radical (unpaired) electrons. The summed E-state index contributed by atoms with van der Waals surface area (Å²) in [4.78, 5) is 13.2. The fourth-order valence-electron chi connectivity index (χ4n) is 0.919. The van der Waals surface area contributed by atoms with Crippen LogP contribution in [0.2, 0.25) is 0 Å². The van der Waals surface area contributed by atoms with Crippen molar-refractivity contribution >= 4 is 6.09 Å². The molecule has 5 nitrogen and oxygen atoms in total. The zero-order valence-electron chi connectivity index (χ0n) is 7.88. The van der Waals surface area contributed by atoms with Crippen LogP contribution in [0.5, 0.6) is 0 Å². The van der Waals surface area contributed by atoms with E-state index in [-0.39, 0.29) is 6.54 Å². The summed E-state index contributed by atoms with van der Waals surface area (Å²) < 4.78 is 36.3. The molecule has 8 heteroatoms. The molecule has 0 bridgehead atoms. The second-order valence-electron chi connectivity index (χ2n) is 2.83. The summed E-state index contributed by atoms with van der Waals surface area (Å²) >= 11 is 0. The van der Waals surface area contributed by atoms with Crippen molar-refractivity contribution in [3.63, 3.8) is 0 Å². The van der Waals surface area contributed by atoms with Crippen LogP contribution in [-0.4, -0.2) is 16.2 Å². The molecule has 1 heterocycles. The third kappa shape index (κ3) is 3.73. The molecular formula is C8H8F3N3O2. The van der Waals surface area contributed by atoms with Gasteiger partial charge in [-0.25, -0.2) is 10.2 Å². The third-order valence-electron chi connectivity index (χ3n) is 1.60. The highest BCUT2D eigenvalue weighted by molar-refractivity contribution is 5.63. The maximum absolute atomic E-state index is 12.1. The molecule has 1 amide bonds. The van der Waals surface area contributed by atoms with Gasteiger partial charge in [-0.1, -0.05) is 6.07 Å². The molecule has 1 aromatic rings. The Morgan fingerprint density at radius 2 is 2.12 bits per heavy atom. The number of nitrogens with zero attached hydrogens (tertiary/aromatic N) is 1. The number of pyridine rings is 1. The molecule has 0 aliphatic heterocycles. The van der Waals surface area contributed by atoms with E-state index in [9.17, 15) is 18.0 Å². The van der Waals surface area contributed by atoms with Crippen LogP contribution in [0.4, 0.5) is 18.0 Å². The molecule has 1 rings (SSSR count). The first-order valence-corrected chi connectivity index (χ1v) is 4.13. The van der Waals surface area contributed by atoms with E-state index in [4.69, 9.17) is 5.11 Å². The zero-order valence-corrected chi connectivity index (χ0v) is 7.88. The molecule has 0 unspecified atom stereocenters. The molecule has 0 aliphatic rings. The van der Waals surface area contributed by atoms with Gasteiger partial charge in [-0.05, 0) is 11.6 Å². The van der Waals surface area contributed by atoms with Crippen LogP contribution >= 0.6 is 0 Å². The average molecular weight is 235 g/mol. The third-order valence-corrected chi connectivity index (χ3v) is 1.60. The number of carboxylic acid groups (broad SMARTS) is 1. The maximum Gasteiger partial charge on any atom is 0.433 e. The molecule has 3 N–H and O–H groups in total. The largest absolute Gasteiger partial charge is 0.464 e. The van der Waals surface area contributed by atoms with E-state index in [1.807, 2.05) is 5.43 Å². The Bertz CT molecular complexity index is 364. The Labute approximate surface area is 88.3 Å². The van der Waals surface area contributed by atoms with Crippen molar-refractivity contribution in [2.24, 2.45) is 0 Å². The number of aromatic nitrogens is 1. The lowest BCUT2D eigenvalue weighted by molar-refractivity contribution is -0.141. The van der Waals surface area contributed by atoms with Crippen LogP contribution in [0, 0.1) is 0 Å². The fraction of sp³-hybridized carbons (Fsp3) is 0.250. The number of rotatable bonds is 3. The Morgan fingerprint density at radius 1 is 1.44 bits per heavy atom. The molecule has 16 heavy (non-hydrogen) atoms. The summed E-state index contributed by atoms with van der Waals surface area (Å²) in [5.41, 5.74) is 3.59. The molecule has 0 saturated heterocycles. The number of alkyl halides is 3. The van der Waals surface area contributed by atoms with Crippen molar-refractivity contribution in [1.29, 1.82) is 0 Å². The molecule has 88 valence electrons. The van der Waals surface area contributed by atoms with E-state index in [0.717, 1.165) is 12.3 Å². The number of hydrogen-bond acceptors (Lipinski definition) is 3. The van der Waals surface area contributed by atoms with Crippen LogP contribution in [0.1, 0.15) is 11.3 Å². The average Bonchev–Trinajstić information content (AvgIpc) is 2.16. The van der Waals surface area contributed by atoms with Crippen LogP contribution in [0.25, 0.3) is 0 Å². The van der Waals surface area contributed by atoms with Gasteiger partial charge in [0.05, 0.1) is 0 Å². The number of amides is 1. The van der Waals surface area contributed by atoms with Gasteiger partial charge in [0.1, 0.15) is 5.69 Å². The van der Waals surface area contributed by atoms with Gasteiger partial charge in [-0.15, -0.1) is 0 Å². The van der Waals surface area contributed by atoms with Crippen molar-refractivity contribution in [3.8, 4) is 0 Å². The standard InChI is InChI=1S/C8H8F3N3O2/c9-8(10,11)6-2-1-5(3-12-6)4-13-14-7(15)16/h1-3,13-14H,4H2,(H,15,16). The first-order chi connectivity index (χ1) is 7.39. The highest BCUT2D eigenvalue weighted by atomic mass is 19.4. The van der Waals surface area contributed by atoms with Gasteiger partial charge < -0.3 is 5.11 Å². The lowest BCUT2D eigenvalue weighted by Gasteiger charge is -2.07. The normalized spacial score (nSPS) is 11.2. The Balaban J connectivity index is 2.55. The predicted molar refractivity (Wildman–Crippen MR) is 47.2 cm³/mol. The van der Waals surface area contributed by atoms with Crippen LogP contribution in [-0.2, 0) is 12.7 Å². The number of carbonyl (C=O) groups is 1.